The Kier molecular flexibility index (Phi) is 6.88. The normalized spacial score (nSPS) is 10.9. The number of thioether (sulfide) groups is 1. The number of carbonyl (C=O) groups is 1. The van der Waals surface area contributed by atoms with Crippen molar-refractivity contribution in [2.24, 2.45) is 0 Å². The predicted molar refractivity (Wildman–Crippen MR) is 135 cm³/mol. The van der Waals surface area contributed by atoms with Crippen LogP contribution in [-0.2, 0) is 18.8 Å². The molecule has 2 aromatic carbocycles. The molecule has 0 fully saturated rings. The van der Waals surface area contributed by atoms with Crippen molar-refractivity contribution < 1.29 is 9.21 Å². The Morgan fingerprint density at radius 1 is 0.971 bits per heavy atom. The van der Waals surface area contributed by atoms with Gasteiger partial charge in [-0.15, -0.1) is 21.5 Å². The zero-order valence-corrected chi connectivity index (χ0v) is 19.9. The predicted octanol–water partition coefficient (Wildman–Crippen LogP) is 5.87. The summed E-state index contributed by atoms with van der Waals surface area (Å²) in [5.41, 5.74) is 2.77. The second kappa shape index (κ2) is 10.5. The van der Waals surface area contributed by atoms with Crippen molar-refractivity contribution in [3.63, 3.8) is 0 Å². The number of aromatic nitrogens is 3. The minimum Gasteiger partial charge on any atom is -0.467 e. The van der Waals surface area contributed by atoms with Crippen LogP contribution in [0.3, 0.4) is 0 Å². The summed E-state index contributed by atoms with van der Waals surface area (Å²) < 4.78 is 7.46. The van der Waals surface area contributed by atoms with Crippen molar-refractivity contribution >= 4 is 29.0 Å². The highest BCUT2D eigenvalue weighted by molar-refractivity contribution is 7.98. The van der Waals surface area contributed by atoms with E-state index >= 15 is 0 Å². The van der Waals surface area contributed by atoms with Gasteiger partial charge in [0.2, 0.25) is 0 Å². The Balaban J connectivity index is 1.36. The molecule has 0 unspecified atom stereocenters. The summed E-state index contributed by atoms with van der Waals surface area (Å²) in [4.78, 5) is 13.9. The largest absolute Gasteiger partial charge is 0.467 e. The number of benzene rings is 2. The van der Waals surface area contributed by atoms with E-state index in [9.17, 15) is 4.79 Å². The van der Waals surface area contributed by atoms with Gasteiger partial charge in [0.25, 0.3) is 5.91 Å². The molecule has 1 amide bonds. The maximum absolute atomic E-state index is 12.8. The van der Waals surface area contributed by atoms with Crippen LogP contribution in [0.5, 0.6) is 0 Å². The van der Waals surface area contributed by atoms with Crippen molar-refractivity contribution in [3.8, 4) is 10.7 Å². The van der Waals surface area contributed by atoms with Crippen LogP contribution in [-0.4, -0.2) is 20.7 Å². The summed E-state index contributed by atoms with van der Waals surface area (Å²) in [6.07, 6.45) is 1.60. The fourth-order valence-corrected chi connectivity index (χ4v) is 5.24. The molecule has 0 bridgehead atoms. The average Bonchev–Trinajstić information content (AvgIpc) is 3.65. The van der Waals surface area contributed by atoms with E-state index in [1.807, 2.05) is 66.0 Å². The lowest BCUT2D eigenvalue weighted by Crippen LogP contribution is -2.23. The lowest BCUT2D eigenvalue weighted by Gasteiger charge is -2.11. The number of carbonyl (C=O) groups excluding carboxylic acids is 1. The highest BCUT2D eigenvalue weighted by Gasteiger charge is 2.17. The number of nitrogens with one attached hydrogen (secondary N) is 1. The molecule has 0 atom stereocenters. The van der Waals surface area contributed by atoms with Crippen molar-refractivity contribution in [1.29, 1.82) is 0 Å². The maximum Gasteiger partial charge on any atom is 0.251 e. The van der Waals surface area contributed by atoms with Gasteiger partial charge in [0.1, 0.15) is 5.76 Å². The molecule has 5 aromatic rings. The molecule has 0 radical (unpaired) electrons. The van der Waals surface area contributed by atoms with E-state index in [2.05, 4.69) is 38.3 Å². The zero-order chi connectivity index (χ0) is 23.2. The minimum absolute atomic E-state index is 0.127. The lowest BCUT2D eigenvalue weighted by molar-refractivity contribution is 0.0947. The van der Waals surface area contributed by atoms with Gasteiger partial charge in [-0.3, -0.25) is 9.36 Å². The summed E-state index contributed by atoms with van der Waals surface area (Å²) >= 11 is 3.23. The third-order valence-corrected chi connectivity index (χ3v) is 7.15. The van der Waals surface area contributed by atoms with Crippen molar-refractivity contribution in [1.82, 2.24) is 20.1 Å². The van der Waals surface area contributed by atoms with Gasteiger partial charge in [-0.2, -0.15) is 0 Å². The first kappa shape index (κ1) is 22.2. The smallest absolute Gasteiger partial charge is 0.251 e. The molecular weight excluding hydrogens is 464 g/mol. The van der Waals surface area contributed by atoms with Crippen LogP contribution in [0.4, 0.5) is 0 Å². The minimum atomic E-state index is -0.127. The van der Waals surface area contributed by atoms with E-state index in [4.69, 9.17) is 4.42 Å². The SMILES string of the molecule is O=C(NCc1ccco1)c1ccccc1CSc1nnc(-c2cccs2)n1Cc1ccccc1. The summed E-state index contributed by atoms with van der Waals surface area (Å²) in [6, 6.07) is 25.7. The lowest BCUT2D eigenvalue weighted by atomic mass is 10.1. The standard InChI is InChI=1S/C26H22N4O2S2/c31-25(27-16-21-11-6-14-32-21)22-12-5-4-10-20(22)18-34-26-29-28-24(23-13-7-15-33-23)30(26)17-19-8-2-1-3-9-19/h1-15H,16-18H2,(H,27,31). The molecule has 34 heavy (non-hydrogen) atoms. The van der Waals surface area contributed by atoms with Crippen molar-refractivity contribution in [2.75, 3.05) is 0 Å². The highest BCUT2D eigenvalue weighted by atomic mass is 32.2. The van der Waals surface area contributed by atoms with Gasteiger partial charge in [0.15, 0.2) is 11.0 Å². The van der Waals surface area contributed by atoms with E-state index in [1.165, 1.54) is 5.56 Å². The number of furan rings is 1. The average molecular weight is 487 g/mol. The maximum atomic E-state index is 12.8. The van der Waals surface area contributed by atoms with Gasteiger partial charge in [-0.25, -0.2) is 0 Å². The number of amides is 1. The highest BCUT2D eigenvalue weighted by Crippen LogP contribution is 2.30. The third-order valence-electron chi connectivity index (χ3n) is 5.26. The molecule has 0 aliphatic rings. The van der Waals surface area contributed by atoms with Gasteiger partial charge < -0.3 is 9.73 Å². The van der Waals surface area contributed by atoms with Crippen LogP contribution in [0, 0.1) is 0 Å². The number of hydrogen-bond donors (Lipinski definition) is 1. The molecule has 170 valence electrons. The molecule has 3 heterocycles. The molecule has 0 aliphatic carbocycles. The summed E-state index contributed by atoms with van der Waals surface area (Å²) in [7, 11) is 0. The molecule has 0 spiro atoms. The van der Waals surface area contributed by atoms with Crippen LogP contribution in [0.1, 0.15) is 27.2 Å². The van der Waals surface area contributed by atoms with Crippen LogP contribution >= 0.6 is 23.1 Å². The van der Waals surface area contributed by atoms with Crippen molar-refractivity contribution in [2.45, 2.75) is 24.0 Å². The summed E-state index contributed by atoms with van der Waals surface area (Å²) in [6.45, 7) is 1.03. The molecule has 0 saturated heterocycles. The topological polar surface area (TPSA) is 73.0 Å². The van der Waals surface area contributed by atoms with E-state index in [0.717, 1.165) is 27.2 Å². The molecule has 3 aromatic heterocycles. The first-order valence-corrected chi connectivity index (χ1v) is 12.7. The van der Waals surface area contributed by atoms with Crippen molar-refractivity contribution in [3.05, 3.63) is 113 Å². The van der Waals surface area contributed by atoms with Crippen LogP contribution < -0.4 is 5.32 Å². The number of thiophene rings is 1. The first-order chi connectivity index (χ1) is 16.8. The van der Waals surface area contributed by atoms with Gasteiger partial charge in [-0.1, -0.05) is 66.4 Å². The van der Waals surface area contributed by atoms with Gasteiger partial charge in [0.05, 0.1) is 24.2 Å². The number of nitrogens with zero attached hydrogens (tertiary/aromatic N) is 3. The molecule has 0 aliphatic heterocycles. The van der Waals surface area contributed by atoms with E-state index in [-0.39, 0.29) is 5.91 Å². The van der Waals surface area contributed by atoms with E-state index < -0.39 is 0 Å². The fraction of sp³-hybridized carbons (Fsp3) is 0.115. The second-order valence-corrected chi connectivity index (χ2v) is 9.45. The first-order valence-electron chi connectivity index (χ1n) is 10.8. The molecule has 6 nitrogen and oxygen atoms in total. The zero-order valence-electron chi connectivity index (χ0n) is 18.3. The fourth-order valence-electron chi connectivity index (χ4n) is 3.58. The van der Waals surface area contributed by atoms with E-state index in [0.29, 0.717) is 24.4 Å². The second-order valence-electron chi connectivity index (χ2n) is 7.56. The Bertz CT molecular complexity index is 1350. The molecule has 1 N–H and O–H groups in total. The molecule has 5 rings (SSSR count). The Labute approximate surface area is 205 Å². The summed E-state index contributed by atoms with van der Waals surface area (Å²) in [5.74, 6) is 2.04. The molecular formula is C26H22N4O2S2. The Morgan fingerprint density at radius 2 is 1.82 bits per heavy atom. The summed E-state index contributed by atoms with van der Waals surface area (Å²) in [5, 5.41) is 14.8. The Morgan fingerprint density at radius 3 is 2.62 bits per heavy atom. The third kappa shape index (κ3) is 5.13. The van der Waals surface area contributed by atoms with Crippen LogP contribution in [0.2, 0.25) is 0 Å². The molecule has 8 heteroatoms. The number of rotatable bonds is 9. The van der Waals surface area contributed by atoms with E-state index in [1.54, 1.807) is 29.4 Å². The van der Waals surface area contributed by atoms with Crippen LogP contribution in [0.25, 0.3) is 10.7 Å². The Hall–Kier alpha value is -3.62. The van der Waals surface area contributed by atoms with Gasteiger partial charge in [-0.05, 0) is 40.8 Å². The van der Waals surface area contributed by atoms with Gasteiger partial charge >= 0.3 is 0 Å². The van der Waals surface area contributed by atoms with Crippen LogP contribution in [0.15, 0.2) is 100 Å². The quantitative estimate of drug-likeness (QED) is 0.264. The monoisotopic (exact) mass is 486 g/mol. The van der Waals surface area contributed by atoms with Gasteiger partial charge in [0, 0.05) is 11.3 Å². The number of hydrogen-bond acceptors (Lipinski definition) is 6. The molecule has 0 saturated carbocycles.